The second-order valence-corrected chi connectivity index (χ2v) is 16.7. The quantitative estimate of drug-likeness (QED) is 0.170. The molecule has 298 valence electrons. The smallest absolute Gasteiger partial charge is 0.140 e. The summed E-state index contributed by atoms with van der Waals surface area (Å²) in [4.78, 5) is 5.82. The summed E-state index contributed by atoms with van der Waals surface area (Å²) in [5.41, 5.74) is 14.2. The van der Waals surface area contributed by atoms with Crippen LogP contribution in [0.2, 0.25) is 0 Å². The summed E-state index contributed by atoms with van der Waals surface area (Å²) in [6.07, 6.45) is 0. The summed E-state index contributed by atoms with van der Waals surface area (Å²) in [7, 11) is 0. The predicted molar refractivity (Wildman–Crippen MR) is 267 cm³/mol. The zero-order valence-electron chi connectivity index (χ0n) is 34.6. The summed E-state index contributed by atoms with van der Waals surface area (Å²) in [5.74, 6) is 0.849. The maximum absolute atomic E-state index is 5.82. The van der Waals surface area contributed by atoms with Gasteiger partial charge in [-0.3, -0.25) is 4.57 Å². The summed E-state index contributed by atoms with van der Waals surface area (Å²) >= 11 is 0. The molecule has 0 atom stereocenters. The van der Waals surface area contributed by atoms with Crippen molar-refractivity contribution < 1.29 is 0 Å². The van der Waals surface area contributed by atoms with Crippen LogP contribution in [0.3, 0.4) is 0 Å². The fourth-order valence-electron chi connectivity index (χ4n) is 10.7. The van der Waals surface area contributed by atoms with Crippen LogP contribution in [0, 0.1) is 0 Å². The highest BCUT2D eigenvalue weighted by molar-refractivity contribution is 6.13. The van der Waals surface area contributed by atoms with E-state index in [1.165, 1.54) is 43.1 Å². The molecular weight excluding hydrogens is 779 g/mol. The average Bonchev–Trinajstić information content (AvgIpc) is 4.09. The first-order chi connectivity index (χ1) is 31.8. The van der Waals surface area contributed by atoms with E-state index in [1.807, 2.05) is 0 Å². The van der Waals surface area contributed by atoms with E-state index in [-0.39, 0.29) is 0 Å². The van der Waals surface area contributed by atoms with Gasteiger partial charge in [0.25, 0.3) is 0 Å². The van der Waals surface area contributed by atoms with Gasteiger partial charge in [-0.05, 0) is 72.8 Å². The van der Waals surface area contributed by atoms with Crippen molar-refractivity contribution in [3.63, 3.8) is 0 Å². The molecule has 5 aromatic heterocycles. The number of para-hydroxylation sites is 8. The lowest BCUT2D eigenvalue weighted by Crippen LogP contribution is -2.05. The van der Waals surface area contributed by atoms with Crippen LogP contribution in [-0.4, -0.2) is 23.3 Å². The highest BCUT2D eigenvalue weighted by Crippen LogP contribution is 2.42. The standard InChI is InChI=1S/C59H37N5/c1-9-25-50-40(17-1)41-18-2-10-26-51(41)61(50)38-33-34-58(63-54-29-13-5-21-44(54)45-22-6-14-30-55(45)63)48(35-38)49-36-39(62-52-27-11-3-19-42(52)43-20-4-12-28-53(43)62)37-59(60-49)64-56-31-15-7-23-46(56)47-24-8-16-32-57(47)64/h1-37H. The largest absolute Gasteiger partial charge is 0.309 e. The van der Waals surface area contributed by atoms with E-state index in [1.54, 1.807) is 0 Å². The topological polar surface area (TPSA) is 32.6 Å². The lowest BCUT2D eigenvalue weighted by Gasteiger charge is -2.19. The van der Waals surface area contributed by atoms with Crippen molar-refractivity contribution in [1.29, 1.82) is 0 Å². The number of pyridine rings is 1. The van der Waals surface area contributed by atoms with Gasteiger partial charge in [0.05, 0.1) is 61.2 Å². The van der Waals surface area contributed by atoms with Crippen LogP contribution < -0.4 is 0 Å². The van der Waals surface area contributed by atoms with Gasteiger partial charge in [-0.1, -0.05) is 146 Å². The summed E-state index contributed by atoms with van der Waals surface area (Å²) in [6, 6.07) is 81.5. The van der Waals surface area contributed by atoms with Gasteiger partial charge in [-0.2, -0.15) is 0 Å². The van der Waals surface area contributed by atoms with Crippen LogP contribution in [0.1, 0.15) is 0 Å². The molecule has 0 bridgehead atoms. The number of nitrogens with zero attached hydrogens (tertiary/aromatic N) is 5. The molecule has 0 amide bonds. The number of hydrogen-bond acceptors (Lipinski definition) is 1. The third kappa shape index (κ3) is 4.92. The van der Waals surface area contributed by atoms with E-state index in [2.05, 4.69) is 243 Å². The number of benzene rings is 9. The van der Waals surface area contributed by atoms with Crippen molar-refractivity contribution in [2.75, 3.05) is 0 Å². The van der Waals surface area contributed by atoms with Crippen molar-refractivity contribution in [1.82, 2.24) is 23.3 Å². The van der Waals surface area contributed by atoms with E-state index in [0.717, 1.165) is 78.3 Å². The Morgan fingerprint density at radius 1 is 0.250 bits per heavy atom. The minimum Gasteiger partial charge on any atom is -0.309 e. The molecule has 64 heavy (non-hydrogen) atoms. The zero-order valence-corrected chi connectivity index (χ0v) is 34.6. The van der Waals surface area contributed by atoms with Crippen LogP contribution in [0.4, 0.5) is 0 Å². The van der Waals surface area contributed by atoms with E-state index in [4.69, 9.17) is 4.98 Å². The van der Waals surface area contributed by atoms with Crippen molar-refractivity contribution in [3.8, 4) is 34.1 Å². The molecule has 0 saturated heterocycles. The highest BCUT2D eigenvalue weighted by Gasteiger charge is 2.23. The Morgan fingerprint density at radius 3 is 0.938 bits per heavy atom. The Morgan fingerprint density at radius 2 is 0.562 bits per heavy atom. The van der Waals surface area contributed by atoms with Crippen LogP contribution in [0.15, 0.2) is 224 Å². The predicted octanol–water partition coefficient (Wildman–Crippen LogP) is 15.1. The highest BCUT2D eigenvalue weighted by atomic mass is 15.1. The van der Waals surface area contributed by atoms with Crippen LogP contribution >= 0.6 is 0 Å². The molecule has 0 unspecified atom stereocenters. The van der Waals surface area contributed by atoms with Gasteiger partial charge in [-0.15, -0.1) is 0 Å². The normalized spacial score (nSPS) is 12.1. The molecule has 0 spiro atoms. The summed E-state index contributed by atoms with van der Waals surface area (Å²) < 4.78 is 9.62. The molecule has 14 aromatic rings. The van der Waals surface area contributed by atoms with Crippen molar-refractivity contribution in [3.05, 3.63) is 224 Å². The first kappa shape index (κ1) is 35.0. The van der Waals surface area contributed by atoms with Gasteiger partial charge >= 0.3 is 0 Å². The SMILES string of the molecule is c1ccc2c(c1)c1ccccc1n2-c1cc(-c2cc(-n3c4ccccc4c4ccccc43)ccc2-n2c3ccccc3c3ccccc32)nc(-n2c3ccccc3c3ccccc32)c1. The third-order valence-corrected chi connectivity index (χ3v) is 13.4. The van der Waals surface area contributed by atoms with E-state index in [9.17, 15) is 0 Å². The molecule has 0 saturated carbocycles. The summed E-state index contributed by atoms with van der Waals surface area (Å²) in [6.45, 7) is 0. The lowest BCUT2D eigenvalue weighted by molar-refractivity contribution is 1.05. The van der Waals surface area contributed by atoms with Crippen LogP contribution in [-0.2, 0) is 0 Å². The third-order valence-electron chi connectivity index (χ3n) is 13.4. The average molecular weight is 816 g/mol. The molecule has 5 nitrogen and oxygen atoms in total. The Balaban J connectivity index is 1.15. The number of aromatic nitrogens is 5. The molecule has 14 rings (SSSR count). The molecule has 9 aromatic carbocycles. The number of rotatable bonds is 5. The van der Waals surface area contributed by atoms with Gasteiger partial charge in [0.1, 0.15) is 5.82 Å². The van der Waals surface area contributed by atoms with Crippen molar-refractivity contribution in [2.45, 2.75) is 0 Å². The molecule has 0 radical (unpaired) electrons. The molecular formula is C59H37N5. The zero-order chi connectivity index (χ0) is 41.9. The first-order valence-electron chi connectivity index (χ1n) is 21.9. The fourth-order valence-corrected chi connectivity index (χ4v) is 10.7. The molecule has 0 aliphatic heterocycles. The minimum atomic E-state index is 0.849. The Labute approximate surface area is 367 Å². The molecule has 0 aliphatic rings. The molecule has 0 N–H and O–H groups in total. The van der Waals surface area contributed by atoms with Crippen LogP contribution in [0.25, 0.3) is 121 Å². The Kier molecular flexibility index (Phi) is 7.33. The molecule has 0 fully saturated rings. The van der Waals surface area contributed by atoms with Gasteiger partial charge < -0.3 is 13.7 Å². The van der Waals surface area contributed by atoms with E-state index in [0.29, 0.717) is 0 Å². The second kappa shape index (κ2) is 13.4. The Bertz CT molecular complexity index is 3870. The lowest BCUT2D eigenvalue weighted by atomic mass is 10.1. The van der Waals surface area contributed by atoms with Gasteiger partial charge in [0.2, 0.25) is 0 Å². The first-order valence-corrected chi connectivity index (χ1v) is 21.9. The fraction of sp³-hybridized carbons (Fsp3) is 0. The number of hydrogen-bond donors (Lipinski definition) is 0. The minimum absolute atomic E-state index is 0.849. The van der Waals surface area contributed by atoms with Gasteiger partial charge in [0, 0.05) is 60.4 Å². The molecule has 5 heteroatoms. The van der Waals surface area contributed by atoms with Gasteiger partial charge in [0.15, 0.2) is 0 Å². The molecule has 5 heterocycles. The van der Waals surface area contributed by atoms with E-state index >= 15 is 0 Å². The maximum atomic E-state index is 5.82. The number of fused-ring (bicyclic) bond motifs is 12. The van der Waals surface area contributed by atoms with Crippen molar-refractivity contribution in [2.24, 2.45) is 0 Å². The van der Waals surface area contributed by atoms with Crippen molar-refractivity contribution >= 4 is 87.2 Å². The Hall–Kier alpha value is -8.67. The maximum Gasteiger partial charge on any atom is 0.140 e. The van der Waals surface area contributed by atoms with E-state index < -0.39 is 0 Å². The monoisotopic (exact) mass is 815 g/mol. The molecule has 0 aliphatic carbocycles. The second-order valence-electron chi connectivity index (χ2n) is 16.7. The van der Waals surface area contributed by atoms with Crippen LogP contribution in [0.5, 0.6) is 0 Å². The summed E-state index contributed by atoms with van der Waals surface area (Å²) in [5, 5.41) is 9.72. The van der Waals surface area contributed by atoms with Gasteiger partial charge in [-0.25, -0.2) is 4.98 Å².